The van der Waals surface area contributed by atoms with Gasteiger partial charge in [-0.25, -0.2) is 0 Å². The molecule has 1 aliphatic rings. The van der Waals surface area contributed by atoms with Gasteiger partial charge in [0.15, 0.2) is 5.78 Å². The number of hydrogen-bond acceptors (Lipinski definition) is 3. The molecule has 0 atom stereocenters. The van der Waals surface area contributed by atoms with Gasteiger partial charge >= 0.3 is 0 Å². The molecule has 0 saturated carbocycles. The number of benzene rings is 1. The van der Waals surface area contributed by atoms with E-state index in [1.165, 1.54) is 0 Å². The highest BCUT2D eigenvalue weighted by molar-refractivity contribution is 7.98. The molecular weight excluding hydrogens is 268 g/mol. The molecule has 0 saturated heterocycles. The van der Waals surface area contributed by atoms with Crippen molar-refractivity contribution < 1.29 is 9.59 Å². The largest absolute Gasteiger partial charge is 0.289 e. The fraction of sp³-hybridized carbons (Fsp3) is 0.286. The number of fused-ring (bicyclic) bond motifs is 1. The van der Waals surface area contributed by atoms with Crippen LogP contribution < -0.4 is 0 Å². The van der Waals surface area contributed by atoms with Crippen LogP contribution in [0.25, 0.3) is 0 Å². The van der Waals surface area contributed by atoms with E-state index in [0.717, 1.165) is 11.3 Å². The summed E-state index contributed by atoms with van der Waals surface area (Å²) in [6, 6.07) is 5.30. The molecule has 0 heterocycles. The standard InChI is InChI=1S/C14H13ClO2S/c1-3-4-10-12(15)14(17)9-6-5-8(18-2)7-11(9)13(10)16/h5-7H,3-4H2,1-2H3. The first-order chi connectivity index (χ1) is 8.60. The molecule has 4 heteroatoms. The van der Waals surface area contributed by atoms with Gasteiger partial charge in [-0.15, -0.1) is 11.8 Å². The Kier molecular flexibility index (Phi) is 3.93. The first-order valence-electron chi connectivity index (χ1n) is 5.76. The van der Waals surface area contributed by atoms with Gasteiger partial charge in [0.25, 0.3) is 0 Å². The summed E-state index contributed by atoms with van der Waals surface area (Å²) in [6.07, 6.45) is 3.28. The minimum absolute atomic E-state index is 0.0891. The predicted octanol–water partition coefficient (Wildman–Crippen LogP) is 4.08. The van der Waals surface area contributed by atoms with Crippen molar-refractivity contribution >= 4 is 34.9 Å². The van der Waals surface area contributed by atoms with Crippen molar-refractivity contribution in [2.75, 3.05) is 6.26 Å². The van der Waals surface area contributed by atoms with E-state index in [-0.39, 0.29) is 16.6 Å². The molecule has 0 aromatic heterocycles. The first-order valence-corrected chi connectivity index (χ1v) is 7.36. The molecule has 0 spiro atoms. The lowest BCUT2D eigenvalue weighted by Gasteiger charge is -2.18. The third-order valence-electron chi connectivity index (χ3n) is 2.95. The third-order valence-corrected chi connectivity index (χ3v) is 4.08. The van der Waals surface area contributed by atoms with Crippen LogP contribution in [0.5, 0.6) is 0 Å². The molecule has 1 aromatic rings. The lowest BCUT2D eigenvalue weighted by atomic mass is 9.87. The van der Waals surface area contributed by atoms with Crippen LogP contribution in [0.15, 0.2) is 33.7 Å². The Morgan fingerprint density at radius 1 is 1.17 bits per heavy atom. The van der Waals surface area contributed by atoms with Gasteiger partial charge in [-0.2, -0.15) is 0 Å². The van der Waals surface area contributed by atoms with Crippen molar-refractivity contribution in [2.45, 2.75) is 24.7 Å². The quantitative estimate of drug-likeness (QED) is 0.783. The molecule has 0 radical (unpaired) electrons. The summed E-state index contributed by atoms with van der Waals surface area (Å²) in [4.78, 5) is 25.4. The van der Waals surface area contributed by atoms with Gasteiger partial charge in [-0.05, 0) is 30.9 Å². The minimum atomic E-state index is -0.234. The number of carbonyl (C=O) groups excluding carboxylic acids is 2. The normalized spacial score (nSPS) is 15.1. The van der Waals surface area contributed by atoms with E-state index in [4.69, 9.17) is 11.6 Å². The van der Waals surface area contributed by atoms with Crippen molar-refractivity contribution in [3.63, 3.8) is 0 Å². The zero-order chi connectivity index (χ0) is 13.3. The van der Waals surface area contributed by atoms with Crippen molar-refractivity contribution in [1.82, 2.24) is 0 Å². The lowest BCUT2D eigenvalue weighted by Crippen LogP contribution is -2.20. The second-order valence-electron chi connectivity index (χ2n) is 4.11. The van der Waals surface area contributed by atoms with Crippen LogP contribution in [-0.2, 0) is 0 Å². The van der Waals surface area contributed by atoms with Crippen molar-refractivity contribution in [3.05, 3.63) is 39.9 Å². The van der Waals surface area contributed by atoms with E-state index in [2.05, 4.69) is 0 Å². The van der Waals surface area contributed by atoms with Gasteiger partial charge in [0.1, 0.15) is 0 Å². The molecule has 0 bridgehead atoms. The minimum Gasteiger partial charge on any atom is -0.289 e. The lowest BCUT2D eigenvalue weighted by molar-refractivity contribution is 0.0977. The molecule has 1 aromatic carbocycles. The second-order valence-corrected chi connectivity index (χ2v) is 5.37. The Morgan fingerprint density at radius 3 is 2.50 bits per heavy atom. The number of allylic oxidation sites excluding steroid dienone is 2. The van der Waals surface area contributed by atoms with Crippen molar-refractivity contribution in [2.24, 2.45) is 0 Å². The van der Waals surface area contributed by atoms with Gasteiger partial charge < -0.3 is 0 Å². The Hall–Kier alpha value is -1.06. The van der Waals surface area contributed by atoms with E-state index in [1.807, 2.05) is 19.2 Å². The molecule has 2 rings (SSSR count). The Balaban J connectivity index is 2.57. The third kappa shape index (κ3) is 2.13. The molecule has 18 heavy (non-hydrogen) atoms. The summed E-state index contributed by atoms with van der Waals surface area (Å²) in [5.41, 5.74) is 1.36. The monoisotopic (exact) mass is 280 g/mol. The SMILES string of the molecule is CCCC1=C(Cl)C(=O)c2ccc(SC)cc2C1=O. The number of ketones is 2. The number of halogens is 1. The van der Waals surface area contributed by atoms with E-state index in [9.17, 15) is 9.59 Å². The van der Waals surface area contributed by atoms with Gasteiger partial charge in [0.2, 0.25) is 5.78 Å². The maximum atomic E-state index is 12.3. The van der Waals surface area contributed by atoms with Gasteiger partial charge in [-0.3, -0.25) is 9.59 Å². The molecule has 0 N–H and O–H groups in total. The molecule has 0 unspecified atom stereocenters. The number of Topliss-reactive ketones (excluding diaryl/α,β-unsaturated/α-hetero) is 2. The fourth-order valence-electron chi connectivity index (χ4n) is 2.03. The first kappa shape index (κ1) is 13.4. The Morgan fingerprint density at radius 2 is 1.89 bits per heavy atom. The molecule has 0 aliphatic heterocycles. The van der Waals surface area contributed by atoms with Crippen LogP contribution in [-0.4, -0.2) is 17.8 Å². The average Bonchev–Trinajstić information content (AvgIpc) is 2.40. The van der Waals surface area contributed by atoms with E-state index < -0.39 is 0 Å². The Labute approximate surface area is 115 Å². The number of rotatable bonds is 3. The highest BCUT2D eigenvalue weighted by Crippen LogP contribution is 2.32. The zero-order valence-corrected chi connectivity index (χ0v) is 11.8. The topological polar surface area (TPSA) is 34.1 Å². The average molecular weight is 281 g/mol. The highest BCUT2D eigenvalue weighted by atomic mass is 35.5. The molecule has 1 aliphatic carbocycles. The zero-order valence-electron chi connectivity index (χ0n) is 10.2. The molecule has 94 valence electrons. The van der Waals surface area contributed by atoms with Crippen molar-refractivity contribution in [1.29, 1.82) is 0 Å². The second kappa shape index (κ2) is 5.29. The summed E-state index contributed by atoms with van der Waals surface area (Å²) >= 11 is 7.56. The van der Waals surface area contributed by atoms with E-state index in [1.54, 1.807) is 23.9 Å². The summed E-state index contributed by atoms with van der Waals surface area (Å²) < 4.78 is 0. The summed E-state index contributed by atoms with van der Waals surface area (Å²) in [6.45, 7) is 1.96. The van der Waals surface area contributed by atoms with Gasteiger partial charge in [0, 0.05) is 21.6 Å². The van der Waals surface area contributed by atoms with Crippen LogP contribution in [0.4, 0.5) is 0 Å². The van der Waals surface area contributed by atoms with Crippen LogP contribution in [0, 0.1) is 0 Å². The van der Waals surface area contributed by atoms with Gasteiger partial charge in [-0.1, -0.05) is 24.9 Å². The molecule has 2 nitrogen and oxygen atoms in total. The molecule has 0 amide bonds. The summed E-state index contributed by atoms with van der Waals surface area (Å²) in [5.74, 6) is -0.338. The van der Waals surface area contributed by atoms with Crippen LogP contribution >= 0.6 is 23.4 Å². The number of carbonyl (C=O) groups is 2. The molecule has 0 fully saturated rings. The highest BCUT2D eigenvalue weighted by Gasteiger charge is 2.30. The summed E-state index contributed by atoms with van der Waals surface area (Å²) in [5, 5.41) is 0.0891. The van der Waals surface area contributed by atoms with E-state index >= 15 is 0 Å². The summed E-state index contributed by atoms with van der Waals surface area (Å²) in [7, 11) is 0. The number of hydrogen-bond donors (Lipinski definition) is 0. The Bertz CT molecular complexity index is 561. The van der Waals surface area contributed by atoms with Crippen molar-refractivity contribution in [3.8, 4) is 0 Å². The van der Waals surface area contributed by atoms with Crippen LogP contribution in [0.2, 0.25) is 0 Å². The van der Waals surface area contributed by atoms with Crippen LogP contribution in [0.3, 0.4) is 0 Å². The number of thioether (sulfide) groups is 1. The smallest absolute Gasteiger partial charge is 0.205 e. The van der Waals surface area contributed by atoms with Gasteiger partial charge in [0.05, 0.1) is 5.03 Å². The van der Waals surface area contributed by atoms with Crippen LogP contribution in [0.1, 0.15) is 40.5 Å². The fourth-order valence-corrected chi connectivity index (χ4v) is 2.75. The maximum Gasteiger partial charge on any atom is 0.205 e. The molecular formula is C14H13ClO2S. The predicted molar refractivity (Wildman–Crippen MR) is 74.7 cm³/mol. The maximum absolute atomic E-state index is 12.3. The van der Waals surface area contributed by atoms with E-state index in [0.29, 0.717) is 23.1 Å².